The van der Waals surface area contributed by atoms with Gasteiger partial charge in [-0.15, -0.1) is 5.92 Å². The zero-order valence-corrected chi connectivity index (χ0v) is 11.3. The average molecular weight is 220 g/mol. The first-order valence-electron chi connectivity index (χ1n) is 4.41. The van der Waals surface area contributed by atoms with Crippen molar-refractivity contribution in [1.29, 1.82) is 0 Å². The summed E-state index contributed by atoms with van der Waals surface area (Å²) < 4.78 is 0. The second kappa shape index (κ2) is 9.25. The van der Waals surface area contributed by atoms with Gasteiger partial charge < -0.3 is 18.1 Å². The molecule has 0 saturated heterocycles. The van der Waals surface area contributed by atoms with E-state index in [0.717, 1.165) is 19.3 Å². The molecular formula is C10H18OZn. The summed E-state index contributed by atoms with van der Waals surface area (Å²) >= 11 is 0. The summed E-state index contributed by atoms with van der Waals surface area (Å²) in [4.78, 5) is 10.8. The molecule has 0 aromatic carbocycles. The minimum Gasteiger partial charge on any atom is -0.346 e. The van der Waals surface area contributed by atoms with E-state index in [1.165, 1.54) is 6.42 Å². The Bertz CT molecular complexity index is 112. The fraction of sp³-hybridized carbons (Fsp3) is 0.700. The van der Waals surface area contributed by atoms with Gasteiger partial charge in [-0.05, 0) is 12.2 Å². The van der Waals surface area contributed by atoms with Gasteiger partial charge in [0.25, 0.3) is 0 Å². The standard InChI is InChI=1S/C8H13O.C2H5.Zn/c1-2-7-4-3-5-8(9)6-7;1-2;/h6-7H,2-5H2,1H3;1H2,2H3;/q2*-1;+2. The van der Waals surface area contributed by atoms with Crippen LogP contribution < -0.4 is 0 Å². The van der Waals surface area contributed by atoms with Gasteiger partial charge in [-0.25, -0.2) is 0 Å². The summed E-state index contributed by atoms with van der Waals surface area (Å²) in [6.45, 7) is 7.14. The van der Waals surface area contributed by atoms with Crippen molar-refractivity contribution < 1.29 is 24.3 Å². The first kappa shape index (κ1) is 14.7. The molecule has 0 spiro atoms. The SMILES string of the molecule is CCC1[CH-]C(=O)CCC1.[CH2-]C.[Zn+2]. The van der Waals surface area contributed by atoms with Crippen LogP contribution in [0.1, 0.15) is 39.5 Å². The van der Waals surface area contributed by atoms with E-state index in [4.69, 9.17) is 0 Å². The number of carbonyl (C=O) groups excluding carboxylic acids is 1. The molecule has 1 aliphatic rings. The van der Waals surface area contributed by atoms with Crippen molar-refractivity contribution in [2.75, 3.05) is 0 Å². The monoisotopic (exact) mass is 218 g/mol. The molecule has 0 N–H and O–H groups in total. The first-order chi connectivity index (χ1) is 5.33. The summed E-state index contributed by atoms with van der Waals surface area (Å²) in [5.74, 6) is 0.944. The number of ketones is 1. The normalized spacial score (nSPS) is 21.2. The van der Waals surface area contributed by atoms with Crippen molar-refractivity contribution in [3.8, 4) is 0 Å². The van der Waals surface area contributed by atoms with E-state index >= 15 is 0 Å². The van der Waals surface area contributed by atoms with Crippen LogP contribution >= 0.6 is 0 Å². The van der Waals surface area contributed by atoms with Gasteiger partial charge in [-0.1, -0.05) is 26.2 Å². The quantitative estimate of drug-likeness (QED) is 0.490. The molecule has 1 unspecified atom stereocenters. The summed E-state index contributed by atoms with van der Waals surface area (Å²) in [7, 11) is 0. The van der Waals surface area contributed by atoms with Crippen molar-refractivity contribution in [3.63, 3.8) is 0 Å². The maximum absolute atomic E-state index is 10.8. The van der Waals surface area contributed by atoms with Crippen LogP contribution in [0.5, 0.6) is 0 Å². The zero-order valence-electron chi connectivity index (χ0n) is 8.31. The topological polar surface area (TPSA) is 17.1 Å². The number of Topliss-reactive ketones (excluding diaryl/α,β-unsaturated/α-hetero) is 1. The van der Waals surface area contributed by atoms with E-state index in [0.29, 0.717) is 11.7 Å². The van der Waals surface area contributed by atoms with Crippen LogP contribution in [0.4, 0.5) is 0 Å². The van der Waals surface area contributed by atoms with E-state index in [-0.39, 0.29) is 19.5 Å². The average Bonchev–Trinajstić information content (AvgIpc) is 2.08. The largest absolute Gasteiger partial charge is 2.00 e. The minimum absolute atomic E-state index is 0. The smallest absolute Gasteiger partial charge is 0.346 e. The summed E-state index contributed by atoms with van der Waals surface area (Å²) in [6.07, 6.45) is 6.14. The molecule has 1 fully saturated rings. The Labute approximate surface area is 89.1 Å². The molecule has 1 nitrogen and oxygen atoms in total. The van der Waals surface area contributed by atoms with Crippen molar-refractivity contribution in [3.05, 3.63) is 13.3 Å². The van der Waals surface area contributed by atoms with Gasteiger partial charge >= 0.3 is 19.5 Å². The van der Waals surface area contributed by atoms with Crippen LogP contribution in [0.3, 0.4) is 0 Å². The van der Waals surface area contributed by atoms with Gasteiger partial charge in [0.05, 0.1) is 0 Å². The van der Waals surface area contributed by atoms with Gasteiger partial charge in [0.1, 0.15) is 0 Å². The zero-order chi connectivity index (χ0) is 8.69. The predicted octanol–water partition coefficient (Wildman–Crippen LogP) is 2.81. The summed E-state index contributed by atoms with van der Waals surface area (Å²) in [5, 5.41) is 0. The fourth-order valence-corrected chi connectivity index (χ4v) is 1.29. The Morgan fingerprint density at radius 2 is 2.17 bits per heavy atom. The number of hydrogen-bond donors (Lipinski definition) is 0. The first-order valence-corrected chi connectivity index (χ1v) is 4.41. The number of rotatable bonds is 1. The molecule has 1 saturated carbocycles. The summed E-state index contributed by atoms with van der Waals surface area (Å²) in [5.41, 5.74) is 0. The molecule has 2 heteroatoms. The van der Waals surface area contributed by atoms with Crippen LogP contribution in [0.25, 0.3) is 0 Å². The van der Waals surface area contributed by atoms with Crippen molar-refractivity contribution in [2.24, 2.45) is 5.92 Å². The third kappa shape index (κ3) is 5.77. The molecule has 1 atom stereocenters. The molecule has 12 heavy (non-hydrogen) atoms. The van der Waals surface area contributed by atoms with Crippen LogP contribution in [0.15, 0.2) is 0 Å². The Morgan fingerprint density at radius 1 is 1.58 bits per heavy atom. The van der Waals surface area contributed by atoms with E-state index in [1.54, 1.807) is 6.92 Å². The Kier molecular flexibility index (Phi) is 11.3. The van der Waals surface area contributed by atoms with E-state index < -0.39 is 0 Å². The maximum atomic E-state index is 10.8. The third-order valence-corrected chi connectivity index (χ3v) is 1.94. The van der Waals surface area contributed by atoms with Gasteiger partial charge in [-0.2, -0.15) is 6.92 Å². The second-order valence-electron chi connectivity index (χ2n) is 2.69. The molecular weight excluding hydrogens is 201 g/mol. The van der Waals surface area contributed by atoms with Crippen molar-refractivity contribution in [1.82, 2.24) is 0 Å². The van der Waals surface area contributed by atoms with Gasteiger partial charge in [0.15, 0.2) is 0 Å². The molecule has 0 radical (unpaired) electrons. The predicted molar refractivity (Wildman–Crippen MR) is 48.0 cm³/mol. The van der Waals surface area contributed by atoms with Crippen LogP contribution in [0, 0.1) is 19.3 Å². The number of carbonyl (C=O) groups is 1. The molecule has 0 aromatic heterocycles. The Balaban J connectivity index is 0. The Morgan fingerprint density at radius 3 is 2.50 bits per heavy atom. The molecule has 0 aliphatic heterocycles. The van der Waals surface area contributed by atoms with E-state index in [2.05, 4.69) is 13.8 Å². The third-order valence-electron chi connectivity index (χ3n) is 1.94. The van der Waals surface area contributed by atoms with Crippen molar-refractivity contribution in [2.45, 2.75) is 39.5 Å². The van der Waals surface area contributed by atoms with Gasteiger partial charge in [-0.3, -0.25) is 0 Å². The molecule has 0 heterocycles. The minimum atomic E-state index is 0. The molecule has 1 rings (SSSR count). The van der Waals surface area contributed by atoms with Crippen LogP contribution in [-0.2, 0) is 24.3 Å². The Hall–Kier alpha value is 0.163. The van der Waals surface area contributed by atoms with Crippen molar-refractivity contribution >= 4 is 5.78 Å². The molecule has 1 aliphatic carbocycles. The van der Waals surface area contributed by atoms with Crippen LogP contribution in [0.2, 0.25) is 0 Å². The maximum Gasteiger partial charge on any atom is 2.00 e. The van der Waals surface area contributed by atoms with Gasteiger partial charge in [0.2, 0.25) is 0 Å². The van der Waals surface area contributed by atoms with Gasteiger partial charge in [0, 0.05) is 0 Å². The molecule has 66 valence electrons. The number of hydrogen-bond acceptors (Lipinski definition) is 1. The van der Waals surface area contributed by atoms with Crippen LogP contribution in [-0.4, -0.2) is 5.78 Å². The van der Waals surface area contributed by atoms with E-state index in [9.17, 15) is 4.79 Å². The molecule has 0 amide bonds. The second-order valence-corrected chi connectivity index (χ2v) is 2.69. The summed E-state index contributed by atoms with van der Waals surface area (Å²) in [6, 6.07) is 0. The van der Waals surface area contributed by atoms with E-state index in [1.807, 2.05) is 6.42 Å². The molecule has 0 aromatic rings. The fourth-order valence-electron chi connectivity index (χ4n) is 1.29. The molecule has 0 bridgehead atoms.